The molecule has 0 radical (unpaired) electrons. The van der Waals surface area contributed by atoms with Crippen molar-refractivity contribution < 1.29 is 17.9 Å². The average Bonchev–Trinajstić information content (AvgIpc) is 2.45. The molecular formula is C14H13BrFNO3S. The first-order valence-electron chi connectivity index (χ1n) is 6.06. The number of benzene rings is 2. The summed E-state index contributed by atoms with van der Waals surface area (Å²) >= 11 is 3.04. The molecule has 0 fully saturated rings. The predicted molar refractivity (Wildman–Crippen MR) is 80.5 cm³/mol. The van der Waals surface area contributed by atoms with Crippen LogP contribution >= 0.6 is 15.9 Å². The second kappa shape index (κ2) is 6.65. The Morgan fingerprint density at radius 1 is 1.10 bits per heavy atom. The first kappa shape index (κ1) is 16.1. The van der Waals surface area contributed by atoms with Crippen LogP contribution in [0.25, 0.3) is 0 Å². The molecule has 112 valence electrons. The van der Waals surface area contributed by atoms with Crippen LogP contribution in [0.15, 0.2) is 51.8 Å². The highest BCUT2D eigenvalue weighted by Gasteiger charge is 2.17. The summed E-state index contributed by atoms with van der Waals surface area (Å²) < 4.78 is 39.9. The van der Waals surface area contributed by atoms with Gasteiger partial charge in [0, 0.05) is 11.0 Å². The zero-order valence-electron chi connectivity index (χ0n) is 10.9. The van der Waals surface area contributed by atoms with Crippen LogP contribution in [0.3, 0.4) is 0 Å². The fraction of sp³-hybridized carbons (Fsp3) is 0.143. The predicted octanol–water partition coefficient (Wildman–Crippen LogP) is 2.56. The van der Waals surface area contributed by atoms with E-state index in [4.69, 9.17) is 5.11 Å². The fourth-order valence-electron chi connectivity index (χ4n) is 1.71. The number of aliphatic hydroxyl groups is 1. The summed E-state index contributed by atoms with van der Waals surface area (Å²) in [6.45, 7) is 0.0480. The van der Waals surface area contributed by atoms with Gasteiger partial charge in [-0.05, 0) is 45.3 Å². The van der Waals surface area contributed by atoms with Crippen LogP contribution in [-0.2, 0) is 23.2 Å². The lowest BCUT2D eigenvalue weighted by Crippen LogP contribution is -2.23. The maximum atomic E-state index is 13.0. The summed E-state index contributed by atoms with van der Waals surface area (Å²) in [5.74, 6) is -0.514. The minimum absolute atomic E-state index is 0.0177. The number of nitrogens with one attached hydrogen (secondary N) is 1. The number of sulfonamides is 1. The quantitative estimate of drug-likeness (QED) is 0.846. The lowest BCUT2D eigenvalue weighted by Gasteiger charge is -2.09. The van der Waals surface area contributed by atoms with Crippen LogP contribution in [0.2, 0.25) is 0 Å². The topological polar surface area (TPSA) is 66.4 Å². The van der Waals surface area contributed by atoms with Crippen molar-refractivity contribution in [3.8, 4) is 0 Å². The molecule has 21 heavy (non-hydrogen) atoms. The number of hydrogen-bond acceptors (Lipinski definition) is 3. The Hall–Kier alpha value is -1.28. The van der Waals surface area contributed by atoms with Gasteiger partial charge in [-0.3, -0.25) is 0 Å². The SMILES string of the molecule is O=S(=O)(NCc1ccc(CO)cc1)c1ccc(F)cc1Br. The van der Waals surface area contributed by atoms with Crippen molar-refractivity contribution in [2.75, 3.05) is 0 Å². The van der Waals surface area contributed by atoms with Crippen LogP contribution in [0.5, 0.6) is 0 Å². The Kier molecular flexibility index (Phi) is 5.10. The highest BCUT2D eigenvalue weighted by atomic mass is 79.9. The van der Waals surface area contributed by atoms with Crippen LogP contribution < -0.4 is 4.72 Å². The summed E-state index contributed by atoms with van der Waals surface area (Å²) in [5.41, 5.74) is 1.51. The molecule has 0 unspecified atom stereocenters. The second-order valence-corrected chi connectivity index (χ2v) is 6.96. The van der Waals surface area contributed by atoms with Gasteiger partial charge in [-0.15, -0.1) is 0 Å². The van der Waals surface area contributed by atoms with E-state index < -0.39 is 15.8 Å². The molecule has 0 aromatic heterocycles. The van der Waals surface area contributed by atoms with Crippen LogP contribution in [-0.4, -0.2) is 13.5 Å². The van der Waals surface area contributed by atoms with Gasteiger partial charge in [0.1, 0.15) is 5.82 Å². The van der Waals surface area contributed by atoms with Crippen LogP contribution in [0.4, 0.5) is 4.39 Å². The molecule has 2 aromatic carbocycles. The maximum Gasteiger partial charge on any atom is 0.241 e. The molecule has 4 nitrogen and oxygen atoms in total. The number of aliphatic hydroxyl groups excluding tert-OH is 1. The third-order valence-corrected chi connectivity index (χ3v) is 5.23. The monoisotopic (exact) mass is 373 g/mol. The Morgan fingerprint density at radius 2 is 1.71 bits per heavy atom. The molecule has 7 heteroatoms. The lowest BCUT2D eigenvalue weighted by atomic mass is 10.1. The van der Waals surface area contributed by atoms with Crippen LogP contribution in [0.1, 0.15) is 11.1 Å². The number of rotatable bonds is 5. The lowest BCUT2D eigenvalue weighted by molar-refractivity contribution is 0.282. The summed E-state index contributed by atoms with van der Waals surface area (Å²) in [6.07, 6.45) is 0. The first-order valence-corrected chi connectivity index (χ1v) is 8.33. The van der Waals surface area contributed by atoms with E-state index in [9.17, 15) is 12.8 Å². The molecule has 0 aliphatic heterocycles. The molecule has 0 amide bonds. The summed E-state index contributed by atoms with van der Waals surface area (Å²) in [7, 11) is -3.73. The highest BCUT2D eigenvalue weighted by molar-refractivity contribution is 9.10. The Bertz CT molecular complexity index is 732. The van der Waals surface area contributed by atoms with E-state index in [1.54, 1.807) is 24.3 Å². The molecule has 0 aliphatic carbocycles. The smallest absolute Gasteiger partial charge is 0.241 e. The van der Waals surface area contributed by atoms with Gasteiger partial charge in [-0.2, -0.15) is 0 Å². The molecule has 0 spiro atoms. The highest BCUT2D eigenvalue weighted by Crippen LogP contribution is 2.22. The molecular weight excluding hydrogens is 361 g/mol. The number of halogens is 2. The maximum absolute atomic E-state index is 13.0. The average molecular weight is 374 g/mol. The summed E-state index contributed by atoms with van der Waals surface area (Å²) in [5, 5.41) is 8.94. The largest absolute Gasteiger partial charge is 0.392 e. The molecule has 2 rings (SSSR count). The van der Waals surface area contributed by atoms with E-state index in [0.29, 0.717) is 0 Å². The van der Waals surface area contributed by atoms with Gasteiger partial charge in [0.15, 0.2) is 0 Å². The number of hydrogen-bond donors (Lipinski definition) is 2. The standard InChI is InChI=1S/C14H13BrFNO3S/c15-13-7-12(16)5-6-14(13)21(19,20)17-8-10-1-3-11(9-18)4-2-10/h1-7,17-18H,8-9H2. The second-order valence-electron chi connectivity index (χ2n) is 4.37. The van der Waals surface area contributed by atoms with Crippen molar-refractivity contribution in [1.29, 1.82) is 0 Å². The molecule has 0 bridgehead atoms. The Balaban J connectivity index is 2.13. The van der Waals surface area contributed by atoms with Gasteiger partial charge < -0.3 is 5.11 Å². The Morgan fingerprint density at radius 3 is 2.29 bits per heavy atom. The molecule has 0 saturated carbocycles. The third-order valence-electron chi connectivity index (χ3n) is 2.86. The summed E-state index contributed by atoms with van der Waals surface area (Å²) in [4.78, 5) is -0.0177. The minimum Gasteiger partial charge on any atom is -0.392 e. The molecule has 0 aliphatic rings. The zero-order chi connectivity index (χ0) is 15.5. The zero-order valence-corrected chi connectivity index (χ0v) is 13.3. The first-order chi connectivity index (χ1) is 9.92. The van der Waals surface area contributed by atoms with Crippen molar-refractivity contribution in [3.63, 3.8) is 0 Å². The van der Waals surface area contributed by atoms with Gasteiger partial charge in [-0.1, -0.05) is 24.3 Å². The van der Waals surface area contributed by atoms with Crippen molar-refractivity contribution in [2.45, 2.75) is 18.0 Å². The van der Waals surface area contributed by atoms with Crippen LogP contribution in [0, 0.1) is 5.82 Å². The van der Waals surface area contributed by atoms with Gasteiger partial charge in [0.25, 0.3) is 0 Å². The van der Waals surface area contributed by atoms with Gasteiger partial charge >= 0.3 is 0 Å². The summed E-state index contributed by atoms with van der Waals surface area (Å²) in [6, 6.07) is 10.3. The van der Waals surface area contributed by atoms with Crippen molar-refractivity contribution in [3.05, 3.63) is 63.9 Å². The Labute approximate surface area is 130 Å². The van der Waals surface area contributed by atoms with E-state index in [1.165, 1.54) is 6.07 Å². The van der Waals surface area contributed by atoms with Crippen molar-refractivity contribution in [2.24, 2.45) is 0 Å². The molecule has 2 N–H and O–H groups in total. The van der Waals surface area contributed by atoms with E-state index in [2.05, 4.69) is 20.7 Å². The van der Waals surface area contributed by atoms with Gasteiger partial charge in [0.2, 0.25) is 10.0 Å². The van der Waals surface area contributed by atoms with Crippen molar-refractivity contribution in [1.82, 2.24) is 4.72 Å². The van der Waals surface area contributed by atoms with E-state index in [-0.39, 0.29) is 22.5 Å². The normalized spacial score (nSPS) is 11.6. The minimum atomic E-state index is -3.73. The van der Waals surface area contributed by atoms with Gasteiger partial charge in [-0.25, -0.2) is 17.5 Å². The van der Waals surface area contributed by atoms with E-state index in [0.717, 1.165) is 23.3 Å². The molecule has 0 heterocycles. The van der Waals surface area contributed by atoms with Crippen molar-refractivity contribution >= 4 is 26.0 Å². The fourth-order valence-corrected chi connectivity index (χ4v) is 3.78. The third kappa shape index (κ3) is 4.10. The molecule has 2 aromatic rings. The van der Waals surface area contributed by atoms with E-state index >= 15 is 0 Å². The van der Waals surface area contributed by atoms with Gasteiger partial charge in [0.05, 0.1) is 11.5 Å². The van der Waals surface area contributed by atoms with E-state index in [1.807, 2.05) is 0 Å². The molecule has 0 saturated heterocycles. The molecule has 0 atom stereocenters.